The molecule has 3 N–H and O–H groups in total. The summed E-state index contributed by atoms with van der Waals surface area (Å²) < 4.78 is 14.9. The minimum absolute atomic E-state index is 0.247. The summed E-state index contributed by atoms with van der Waals surface area (Å²) in [5.41, 5.74) is 7.56. The van der Waals surface area contributed by atoms with Crippen molar-refractivity contribution in [2.45, 2.75) is 13.5 Å². The Labute approximate surface area is 156 Å². The number of nitrogens with two attached hydrogens (primary N) is 1. The van der Waals surface area contributed by atoms with Gasteiger partial charge in [-0.3, -0.25) is 9.69 Å². The Morgan fingerprint density at radius 2 is 1.96 bits per heavy atom. The van der Waals surface area contributed by atoms with E-state index in [0.717, 1.165) is 32.0 Å². The number of hydrogen-bond donors (Lipinski definition) is 2. The highest BCUT2D eigenvalue weighted by atomic mass is 19.1. The maximum Gasteiger partial charge on any atom is 0.251 e. The average molecular weight is 367 g/mol. The maximum absolute atomic E-state index is 14.9. The van der Waals surface area contributed by atoms with Crippen molar-refractivity contribution in [3.63, 3.8) is 0 Å². The van der Waals surface area contributed by atoms with Crippen LogP contribution >= 0.6 is 0 Å². The van der Waals surface area contributed by atoms with Gasteiger partial charge in [-0.1, -0.05) is 12.1 Å². The highest BCUT2D eigenvalue weighted by Crippen LogP contribution is 2.21. The predicted molar refractivity (Wildman–Crippen MR) is 105 cm³/mol. The maximum atomic E-state index is 14.9. The molecule has 7 heteroatoms. The van der Waals surface area contributed by atoms with Gasteiger partial charge in [-0.25, -0.2) is 9.37 Å². The third-order valence-electron chi connectivity index (χ3n) is 5.08. The van der Waals surface area contributed by atoms with Crippen LogP contribution in [-0.2, 0) is 6.54 Å². The molecule has 0 amide bonds. The van der Waals surface area contributed by atoms with Gasteiger partial charge < -0.3 is 15.6 Å². The molecular formula is C20H22FN5O. The Kier molecular flexibility index (Phi) is 4.53. The van der Waals surface area contributed by atoms with E-state index in [0.29, 0.717) is 28.7 Å². The molecule has 0 atom stereocenters. The van der Waals surface area contributed by atoms with Crippen molar-refractivity contribution in [3.05, 3.63) is 63.8 Å². The Hall–Kier alpha value is -2.93. The summed E-state index contributed by atoms with van der Waals surface area (Å²) in [6, 6.07) is 9.17. The van der Waals surface area contributed by atoms with Crippen LogP contribution in [-0.4, -0.2) is 41.0 Å². The van der Waals surface area contributed by atoms with Crippen molar-refractivity contribution in [1.29, 1.82) is 0 Å². The Bertz CT molecular complexity index is 1020. The number of aromatic nitrogens is 2. The molecule has 0 unspecified atom stereocenters. The fraction of sp³-hybridized carbons (Fsp3) is 0.300. The molecule has 1 fully saturated rings. The largest absolute Gasteiger partial charge is 0.397 e. The highest BCUT2D eigenvalue weighted by Gasteiger charge is 2.20. The van der Waals surface area contributed by atoms with Crippen LogP contribution in [0.2, 0.25) is 0 Å². The molecule has 1 aliphatic rings. The van der Waals surface area contributed by atoms with E-state index in [-0.39, 0.29) is 16.9 Å². The van der Waals surface area contributed by atoms with E-state index in [1.165, 1.54) is 0 Å². The standard InChI is InChI=1S/C20H22FN5O/c1-13-10-14-2-3-15(18(21)19(14)24-20(13)27)12-25-6-8-26(9-7-25)17-5-4-16(22)11-23-17/h2-5,10-11H,6-9,12,22H2,1H3,(H,24,27). The zero-order chi connectivity index (χ0) is 19.0. The molecule has 27 heavy (non-hydrogen) atoms. The van der Waals surface area contributed by atoms with Crippen molar-refractivity contribution in [2.24, 2.45) is 0 Å². The highest BCUT2D eigenvalue weighted by molar-refractivity contribution is 5.80. The van der Waals surface area contributed by atoms with Crippen molar-refractivity contribution in [1.82, 2.24) is 14.9 Å². The van der Waals surface area contributed by atoms with E-state index in [1.54, 1.807) is 19.2 Å². The molecule has 1 saturated heterocycles. The second-order valence-electron chi connectivity index (χ2n) is 7.00. The van der Waals surface area contributed by atoms with E-state index >= 15 is 0 Å². The van der Waals surface area contributed by atoms with Crippen LogP contribution in [0.25, 0.3) is 10.9 Å². The van der Waals surface area contributed by atoms with Gasteiger partial charge in [-0.05, 0) is 25.1 Å². The SMILES string of the molecule is Cc1cc2ccc(CN3CCN(c4ccc(N)cn4)CC3)c(F)c2[nH]c1=O. The first-order chi connectivity index (χ1) is 13.0. The number of halogens is 1. The molecule has 6 nitrogen and oxygen atoms in total. The van der Waals surface area contributed by atoms with Crippen molar-refractivity contribution in [2.75, 3.05) is 36.8 Å². The van der Waals surface area contributed by atoms with Gasteiger partial charge in [0.2, 0.25) is 0 Å². The lowest BCUT2D eigenvalue weighted by atomic mass is 10.1. The molecule has 0 radical (unpaired) electrons. The van der Waals surface area contributed by atoms with Gasteiger partial charge in [0.25, 0.3) is 5.56 Å². The quantitative estimate of drug-likeness (QED) is 0.743. The van der Waals surface area contributed by atoms with Gasteiger partial charge >= 0.3 is 0 Å². The molecule has 3 heterocycles. The number of hydrogen-bond acceptors (Lipinski definition) is 5. The topological polar surface area (TPSA) is 78.2 Å². The number of piperazine rings is 1. The molecule has 1 aromatic carbocycles. The lowest BCUT2D eigenvalue weighted by molar-refractivity contribution is 0.246. The molecule has 2 aromatic heterocycles. The van der Waals surface area contributed by atoms with Crippen molar-refractivity contribution in [3.8, 4) is 0 Å². The Morgan fingerprint density at radius 1 is 1.19 bits per heavy atom. The van der Waals surface area contributed by atoms with Gasteiger partial charge in [0.1, 0.15) is 5.82 Å². The number of rotatable bonds is 3. The lowest BCUT2D eigenvalue weighted by Gasteiger charge is -2.35. The minimum atomic E-state index is -0.341. The van der Waals surface area contributed by atoms with Crippen LogP contribution < -0.4 is 16.2 Å². The Morgan fingerprint density at radius 3 is 2.67 bits per heavy atom. The average Bonchev–Trinajstić information content (AvgIpc) is 2.67. The molecule has 3 aromatic rings. The molecule has 0 saturated carbocycles. The normalized spacial score (nSPS) is 15.4. The number of anilines is 2. The smallest absolute Gasteiger partial charge is 0.251 e. The summed E-state index contributed by atoms with van der Waals surface area (Å²) in [7, 11) is 0. The third kappa shape index (κ3) is 3.50. The summed E-state index contributed by atoms with van der Waals surface area (Å²) in [5, 5.41) is 0.715. The number of benzene rings is 1. The van der Waals surface area contributed by atoms with Crippen LogP contribution in [0.5, 0.6) is 0 Å². The molecule has 0 bridgehead atoms. The van der Waals surface area contributed by atoms with E-state index in [1.807, 2.05) is 24.3 Å². The Balaban J connectivity index is 1.47. The van der Waals surface area contributed by atoms with Gasteiger partial charge in [0.05, 0.1) is 17.4 Å². The van der Waals surface area contributed by atoms with E-state index in [9.17, 15) is 9.18 Å². The molecule has 0 spiro atoms. The fourth-order valence-electron chi connectivity index (χ4n) is 3.48. The first-order valence-corrected chi connectivity index (χ1v) is 9.01. The third-order valence-corrected chi connectivity index (χ3v) is 5.08. The summed E-state index contributed by atoms with van der Waals surface area (Å²) in [6.07, 6.45) is 1.66. The molecular weight excluding hydrogens is 345 g/mol. The monoisotopic (exact) mass is 367 g/mol. The summed E-state index contributed by atoms with van der Waals surface area (Å²) in [6.45, 7) is 5.51. The van der Waals surface area contributed by atoms with Crippen molar-refractivity contribution < 1.29 is 4.39 Å². The van der Waals surface area contributed by atoms with Crippen LogP contribution in [0.1, 0.15) is 11.1 Å². The molecule has 1 aliphatic heterocycles. The number of H-pyrrole nitrogens is 1. The second kappa shape index (κ2) is 7.00. The van der Waals surface area contributed by atoms with Gasteiger partial charge in [0, 0.05) is 49.2 Å². The number of pyridine rings is 2. The number of nitrogens with zero attached hydrogens (tertiary/aromatic N) is 3. The molecule has 140 valence electrons. The van der Waals surface area contributed by atoms with Crippen molar-refractivity contribution >= 4 is 22.4 Å². The van der Waals surface area contributed by atoms with Crippen LogP contribution in [0.15, 0.2) is 41.3 Å². The van der Waals surface area contributed by atoms with Gasteiger partial charge in [-0.2, -0.15) is 0 Å². The zero-order valence-corrected chi connectivity index (χ0v) is 15.2. The first-order valence-electron chi connectivity index (χ1n) is 9.01. The number of aromatic amines is 1. The summed E-state index contributed by atoms with van der Waals surface area (Å²) in [4.78, 5) is 23.3. The fourth-order valence-corrected chi connectivity index (χ4v) is 3.48. The predicted octanol–water partition coefficient (Wildman–Crippen LogP) is 2.28. The molecule has 0 aliphatic carbocycles. The number of fused-ring (bicyclic) bond motifs is 1. The second-order valence-corrected chi connectivity index (χ2v) is 7.00. The van der Waals surface area contributed by atoms with E-state index in [2.05, 4.69) is 19.8 Å². The zero-order valence-electron chi connectivity index (χ0n) is 15.2. The van der Waals surface area contributed by atoms with Crippen LogP contribution in [0.4, 0.5) is 15.9 Å². The molecule has 4 rings (SSSR count). The lowest BCUT2D eigenvalue weighted by Crippen LogP contribution is -2.46. The van der Waals surface area contributed by atoms with E-state index < -0.39 is 0 Å². The summed E-state index contributed by atoms with van der Waals surface area (Å²) in [5.74, 6) is 0.570. The number of aryl methyl sites for hydroxylation is 1. The van der Waals surface area contributed by atoms with Gasteiger partial charge in [-0.15, -0.1) is 0 Å². The number of nitrogen functional groups attached to an aromatic ring is 1. The first kappa shape index (κ1) is 17.5. The van der Waals surface area contributed by atoms with Crippen LogP contribution in [0, 0.1) is 12.7 Å². The van der Waals surface area contributed by atoms with Gasteiger partial charge in [0.15, 0.2) is 5.82 Å². The summed E-state index contributed by atoms with van der Waals surface area (Å²) >= 11 is 0. The van der Waals surface area contributed by atoms with E-state index in [4.69, 9.17) is 5.73 Å². The van der Waals surface area contributed by atoms with Crippen LogP contribution in [0.3, 0.4) is 0 Å². The number of nitrogens with one attached hydrogen (secondary N) is 1. The minimum Gasteiger partial charge on any atom is -0.397 e.